The summed E-state index contributed by atoms with van der Waals surface area (Å²) in [6, 6.07) is 8.96. The Hall–Kier alpha value is -2.39. The van der Waals surface area contributed by atoms with Crippen molar-refractivity contribution < 1.29 is 26.4 Å². The number of amides is 1. The molecule has 2 aromatic carbocycles. The second-order valence-electron chi connectivity index (χ2n) is 7.36. The van der Waals surface area contributed by atoms with Crippen LogP contribution in [0.4, 0.5) is 18.9 Å². The number of sulfonamides is 1. The maximum atomic E-state index is 12.9. The zero-order valence-corrected chi connectivity index (χ0v) is 17.3. The van der Waals surface area contributed by atoms with Gasteiger partial charge in [-0.1, -0.05) is 24.6 Å². The lowest BCUT2D eigenvalue weighted by Crippen LogP contribution is -2.35. The van der Waals surface area contributed by atoms with E-state index in [2.05, 4.69) is 5.32 Å². The molecule has 0 spiro atoms. The minimum Gasteiger partial charge on any atom is -0.326 e. The molecule has 0 radical (unpaired) electrons. The number of rotatable bonds is 5. The van der Waals surface area contributed by atoms with Gasteiger partial charge in [0, 0.05) is 18.8 Å². The number of benzene rings is 2. The van der Waals surface area contributed by atoms with Gasteiger partial charge >= 0.3 is 6.18 Å². The molecule has 0 aromatic heterocycles. The van der Waals surface area contributed by atoms with Crippen molar-refractivity contribution in [1.29, 1.82) is 0 Å². The Balaban J connectivity index is 1.73. The van der Waals surface area contributed by atoms with E-state index in [1.807, 2.05) is 0 Å². The summed E-state index contributed by atoms with van der Waals surface area (Å²) in [4.78, 5) is 12.5. The molecule has 1 amide bonds. The molecule has 0 saturated carbocycles. The highest BCUT2D eigenvalue weighted by Gasteiger charge is 2.30. The number of carbonyl (C=O) groups excluding carboxylic acids is 1. The molecule has 1 aliphatic rings. The van der Waals surface area contributed by atoms with Gasteiger partial charge in [0.1, 0.15) is 0 Å². The molecule has 3 rings (SSSR count). The number of nitrogens with zero attached hydrogens (tertiary/aromatic N) is 1. The molecular formula is C21H23F3N2O3S. The molecule has 30 heavy (non-hydrogen) atoms. The number of hydrogen-bond acceptors (Lipinski definition) is 3. The Morgan fingerprint density at radius 2 is 1.67 bits per heavy atom. The third-order valence-electron chi connectivity index (χ3n) is 5.08. The summed E-state index contributed by atoms with van der Waals surface area (Å²) >= 11 is 0. The lowest BCUT2D eigenvalue weighted by atomic mass is 10.1. The molecule has 1 heterocycles. The Labute approximate surface area is 173 Å². The van der Waals surface area contributed by atoms with Crippen LogP contribution < -0.4 is 5.32 Å². The van der Waals surface area contributed by atoms with Crippen LogP contribution in [0, 0.1) is 6.92 Å². The standard InChI is InChI=1S/C21H23F3N2O3S/c1-15-5-10-18(30(28,29)26-11-3-2-4-12-26)14-19(15)25-20(27)13-16-6-8-17(9-7-16)21(22,23)24/h5-10,14H,2-4,11-13H2,1H3,(H,25,27). The van der Waals surface area contributed by atoms with Gasteiger partial charge in [0.05, 0.1) is 16.9 Å². The molecule has 1 aliphatic heterocycles. The van der Waals surface area contributed by atoms with Gasteiger partial charge in [0.15, 0.2) is 0 Å². The molecular weight excluding hydrogens is 417 g/mol. The summed E-state index contributed by atoms with van der Waals surface area (Å²) in [5.41, 5.74) is 0.701. The highest BCUT2D eigenvalue weighted by atomic mass is 32.2. The topological polar surface area (TPSA) is 66.5 Å². The van der Waals surface area contributed by atoms with Crippen molar-refractivity contribution in [3.05, 3.63) is 59.2 Å². The predicted octanol–water partition coefficient (Wildman–Crippen LogP) is 4.37. The van der Waals surface area contributed by atoms with Crippen LogP contribution in [0.15, 0.2) is 47.4 Å². The van der Waals surface area contributed by atoms with Crippen LogP contribution in [-0.2, 0) is 27.4 Å². The molecule has 0 unspecified atom stereocenters. The second kappa shape index (κ2) is 8.77. The van der Waals surface area contributed by atoms with E-state index in [0.29, 0.717) is 29.9 Å². The van der Waals surface area contributed by atoms with Gasteiger partial charge in [0.2, 0.25) is 15.9 Å². The zero-order valence-electron chi connectivity index (χ0n) is 16.5. The lowest BCUT2D eigenvalue weighted by molar-refractivity contribution is -0.137. The van der Waals surface area contributed by atoms with Crippen molar-refractivity contribution in [3.63, 3.8) is 0 Å². The van der Waals surface area contributed by atoms with E-state index in [-0.39, 0.29) is 11.3 Å². The van der Waals surface area contributed by atoms with Crippen molar-refractivity contribution in [2.24, 2.45) is 0 Å². The first-order chi connectivity index (χ1) is 14.1. The van der Waals surface area contributed by atoms with Gasteiger partial charge in [-0.25, -0.2) is 8.42 Å². The van der Waals surface area contributed by atoms with E-state index in [1.54, 1.807) is 13.0 Å². The summed E-state index contributed by atoms with van der Waals surface area (Å²) in [5.74, 6) is -0.439. The van der Waals surface area contributed by atoms with E-state index in [4.69, 9.17) is 0 Å². The molecule has 2 aromatic rings. The SMILES string of the molecule is Cc1ccc(S(=O)(=O)N2CCCCC2)cc1NC(=O)Cc1ccc(C(F)(F)F)cc1. The van der Waals surface area contributed by atoms with Gasteiger partial charge in [-0.3, -0.25) is 4.79 Å². The molecule has 5 nitrogen and oxygen atoms in total. The highest BCUT2D eigenvalue weighted by Crippen LogP contribution is 2.29. The van der Waals surface area contributed by atoms with Crippen molar-refractivity contribution in [3.8, 4) is 0 Å². The number of hydrogen-bond donors (Lipinski definition) is 1. The van der Waals surface area contributed by atoms with E-state index in [0.717, 1.165) is 31.4 Å². The summed E-state index contributed by atoms with van der Waals surface area (Å²) < 4.78 is 65.1. The van der Waals surface area contributed by atoms with Gasteiger partial charge in [-0.05, 0) is 55.2 Å². The predicted molar refractivity (Wildman–Crippen MR) is 108 cm³/mol. The smallest absolute Gasteiger partial charge is 0.326 e. The number of aryl methyl sites for hydroxylation is 1. The minimum absolute atomic E-state index is 0.111. The summed E-state index contributed by atoms with van der Waals surface area (Å²) in [6.07, 6.45) is -1.91. The normalized spacial score (nSPS) is 15.7. The fraction of sp³-hybridized carbons (Fsp3) is 0.381. The molecule has 1 N–H and O–H groups in total. The van der Waals surface area contributed by atoms with Crippen LogP contribution >= 0.6 is 0 Å². The molecule has 162 valence electrons. The number of piperidine rings is 1. The number of alkyl halides is 3. The van der Waals surface area contributed by atoms with E-state index >= 15 is 0 Å². The van der Waals surface area contributed by atoms with Crippen molar-refractivity contribution >= 4 is 21.6 Å². The number of nitrogens with one attached hydrogen (secondary N) is 1. The van der Waals surface area contributed by atoms with Crippen LogP contribution in [0.1, 0.15) is 36.0 Å². The average molecular weight is 440 g/mol. The zero-order chi connectivity index (χ0) is 21.9. The van der Waals surface area contributed by atoms with Gasteiger partial charge < -0.3 is 5.32 Å². The van der Waals surface area contributed by atoms with Crippen LogP contribution in [0.5, 0.6) is 0 Å². The number of anilines is 1. The first-order valence-corrected chi connectivity index (χ1v) is 11.1. The van der Waals surface area contributed by atoms with Crippen molar-refractivity contribution in [2.45, 2.75) is 43.7 Å². The average Bonchev–Trinajstić information content (AvgIpc) is 2.70. The Kier molecular flexibility index (Phi) is 6.52. The highest BCUT2D eigenvalue weighted by molar-refractivity contribution is 7.89. The largest absolute Gasteiger partial charge is 0.416 e. The quantitative estimate of drug-likeness (QED) is 0.751. The molecule has 1 fully saturated rings. The number of carbonyl (C=O) groups is 1. The fourth-order valence-electron chi connectivity index (χ4n) is 3.34. The van der Waals surface area contributed by atoms with Crippen LogP contribution in [0.25, 0.3) is 0 Å². The molecule has 0 aliphatic carbocycles. The third-order valence-corrected chi connectivity index (χ3v) is 6.98. The molecule has 1 saturated heterocycles. The Morgan fingerprint density at radius 1 is 1.03 bits per heavy atom. The first kappa shape index (κ1) is 22.3. The summed E-state index contributed by atoms with van der Waals surface area (Å²) in [6.45, 7) is 2.70. The van der Waals surface area contributed by atoms with Crippen molar-refractivity contribution in [2.75, 3.05) is 18.4 Å². The molecule has 0 atom stereocenters. The Bertz CT molecular complexity index is 1010. The van der Waals surface area contributed by atoms with Crippen molar-refractivity contribution in [1.82, 2.24) is 4.31 Å². The van der Waals surface area contributed by atoms with Gasteiger partial charge in [-0.15, -0.1) is 0 Å². The summed E-state index contributed by atoms with van der Waals surface area (Å²) in [7, 11) is -3.64. The number of halogens is 3. The minimum atomic E-state index is -4.43. The molecule has 9 heteroatoms. The third kappa shape index (κ3) is 5.20. The van der Waals surface area contributed by atoms with E-state index in [1.165, 1.54) is 28.6 Å². The maximum Gasteiger partial charge on any atom is 0.416 e. The van der Waals surface area contributed by atoms with Gasteiger partial charge in [0.25, 0.3) is 0 Å². The summed E-state index contributed by atoms with van der Waals surface area (Å²) in [5, 5.41) is 2.67. The Morgan fingerprint density at radius 3 is 2.27 bits per heavy atom. The van der Waals surface area contributed by atoms with Crippen LogP contribution in [0.3, 0.4) is 0 Å². The lowest BCUT2D eigenvalue weighted by Gasteiger charge is -2.26. The van der Waals surface area contributed by atoms with E-state index < -0.39 is 27.7 Å². The monoisotopic (exact) mass is 440 g/mol. The first-order valence-electron chi connectivity index (χ1n) is 9.64. The van der Waals surface area contributed by atoms with Gasteiger partial charge in [-0.2, -0.15) is 17.5 Å². The maximum absolute atomic E-state index is 12.9. The fourth-order valence-corrected chi connectivity index (χ4v) is 4.89. The van der Waals surface area contributed by atoms with E-state index in [9.17, 15) is 26.4 Å². The van der Waals surface area contributed by atoms with Crippen LogP contribution in [-0.4, -0.2) is 31.7 Å². The van der Waals surface area contributed by atoms with Crippen LogP contribution in [0.2, 0.25) is 0 Å². The molecule has 0 bridgehead atoms. The second-order valence-corrected chi connectivity index (χ2v) is 9.30.